The Balaban J connectivity index is 1.73. The molecule has 162 valence electrons. The van der Waals surface area contributed by atoms with E-state index in [0.29, 0.717) is 23.1 Å². The molecule has 32 heavy (non-hydrogen) atoms. The van der Waals surface area contributed by atoms with Gasteiger partial charge in [0.2, 0.25) is 0 Å². The largest absolute Gasteiger partial charge is 0.325 e. The van der Waals surface area contributed by atoms with Gasteiger partial charge in [0.25, 0.3) is 5.91 Å². The Morgan fingerprint density at radius 1 is 0.844 bits per heavy atom. The average molecular weight is 427 g/mol. The number of urea groups is 1. The Morgan fingerprint density at radius 3 is 1.97 bits per heavy atom. The van der Waals surface area contributed by atoms with Gasteiger partial charge in [0.05, 0.1) is 6.54 Å². The second kappa shape index (κ2) is 8.79. The molecule has 1 fully saturated rings. The third-order valence-electron chi connectivity index (χ3n) is 6.08. The van der Waals surface area contributed by atoms with Gasteiger partial charge in [0, 0.05) is 5.56 Å². The molecule has 5 nitrogen and oxygen atoms in total. The van der Waals surface area contributed by atoms with Crippen LogP contribution >= 0.6 is 0 Å². The maximum Gasteiger partial charge on any atom is 0.325 e. The predicted molar refractivity (Wildman–Crippen MR) is 123 cm³/mol. The fraction of sp³-hybridized carbons (Fsp3) is 0.222. The van der Waals surface area contributed by atoms with Gasteiger partial charge in [-0.05, 0) is 41.2 Å². The molecule has 0 atom stereocenters. The minimum atomic E-state index is -1.36. The first-order chi connectivity index (χ1) is 15.5. The lowest BCUT2D eigenvalue weighted by atomic mass is 9.82. The van der Waals surface area contributed by atoms with Crippen molar-refractivity contribution in [2.45, 2.75) is 32.2 Å². The van der Waals surface area contributed by atoms with E-state index in [2.05, 4.69) is 5.32 Å². The van der Waals surface area contributed by atoms with Crippen molar-refractivity contribution >= 4 is 17.7 Å². The number of nitrogens with one attached hydrogen (secondary N) is 1. The molecular formula is C27H26N2O3. The Kier molecular flexibility index (Phi) is 5.91. The number of Topliss-reactive ketones (excluding diaryl/α,β-unsaturated/α-hetero) is 1. The minimum Gasteiger partial charge on any atom is -0.315 e. The van der Waals surface area contributed by atoms with Gasteiger partial charge in [-0.3, -0.25) is 14.5 Å². The van der Waals surface area contributed by atoms with Crippen LogP contribution in [0, 0.1) is 0 Å². The van der Waals surface area contributed by atoms with E-state index < -0.39 is 17.5 Å². The van der Waals surface area contributed by atoms with Crippen LogP contribution in [0.5, 0.6) is 0 Å². The number of amides is 3. The van der Waals surface area contributed by atoms with Crippen molar-refractivity contribution in [3.63, 3.8) is 0 Å². The standard InChI is InChI=1S/C27H26N2O3/c1-3-19-15-16-20(4-2)23(17-19)24(30)18-29-25(31)27(28-26(29)32,21-11-7-5-8-12-21)22-13-9-6-10-14-22/h5-17H,3-4,18H2,1-2H3,(H,28,32). The van der Waals surface area contributed by atoms with Gasteiger partial charge in [-0.25, -0.2) is 4.79 Å². The number of nitrogens with zero attached hydrogens (tertiary/aromatic N) is 1. The quantitative estimate of drug-likeness (QED) is 0.447. The second-order valence-corrected chi connectivity index (χ2v) is 7.93. The Labute approximate surface area is 188 Å². The van der Waals surface area contributed by atoms with Crippen molar-refractivity contribution in [1.82, 2.24) is 10.2 Å². The maximum absolute atomic E-state index is 13.8. The van der Waals surface area contributed by atoms with Crippen LogP contribution in [0.25, 0.3) is 0 Å². The molecule has 1 aliphatic rings. The first-order valence-corrected chi connectivity index (χ1v) is 10.9. The van der Waals surface area contributed by atoms with Crippen LogP contribution in [-0.2, 0) is 23.2 Å². The first-order valence-electron chi connectivity index (χ1n) is 10.9. The van der Waals surface area contributed by atoms with Crippen LogP contribution in [0.2, 0.25) is 0 Å². The number of benzene rings is 3. The van der Waals surface area contributed by atoms with Crippen molar-refractivity contribution in [3.8, 4) is 0 Å². The van der Waals surface area contributed by atoms with Crippen LogP contribution in [0.4, 0.5) is 4.79 Å². The van der Waals surface area contributed by atoms with Crippen LogP contribution in [-0.4, -0.2) is 29.2 Å². The summed E-state index contributed by atoms with van der Waals surface area (Å²) in [6.07, 6.45) is 1.50. The van der Waals surface area contributed by atoms with E-state index in [9.17, 15) is 14.4 Å². The summed E-state index contributed by atoms with van der Waals surface area (Å²) in [6.45, 7) is 3.72. The van der Waals surface area contributed by atoms with Crippen LogP contribution in [0.15, 0.2) is 78.9 Å². The molecule has 0 radical (unpaired) electrons. The van der Waals surface area contributed by atoms with E-state index in [4.69, 9.17) is 0 Å². The van der Waals surface area contributed by atoms with Gasteiger partial charge >= 0.3 is 6.03 Å². The number of carbonyl (C=O) groups is 3. The Bertz CT molecular complexity index is 1120. The molecule has 0 saturated carbocycles. The molecule has 0 unspecified atom stereocenters. The highest BCUT2D eigenvalue weighted by molar-refractivity contribution is 6.13. The van der Waals surface area contributed by atoms with Gasteiger partial charge in [-0.1, -0.05) is 86.6 Å². The molecule has 0 bridgehead atoms. The molecule has 0 aliphatic carbocycles. The fourth-order valence-corrected chi connectivity index (χ4v) is 4.29. The fourth-order valence-electron chi connectivity index (χ4n) is 4.29. The lowest BCUT2D eigenvalue weighted by molar-refractivity contribution is -0.129. The van der Waals surface area contributed by atoms with Gasteiger partial charge < -0.3 is 5.32 Å². The molecule has 0 aromatic heterocycles. The highest BCUT2D eigenvalue weighted by Gasteiger charge is 2.54. The van der Waals surface area contributed by atoms with Gasteiger partial charge in [0.15, 0.2) is 11.3 Å². The van der Waals surface area contributed by atoms with Crippen molar-refractivity contribution in [1.29, 1.82) is 0 Å². The van der Waals surface area contributed by atoms with Crippen molar-refractivity contribution in [2.24, 2.45) is 0 Å². The highest BCUT2D eigenvalue weighted by Crippen LogP contribution is 2.36. The van der Waals surface area contributed by atoms with E-state index in [1.54, 1.807) is 0 Å². The van der Waals surface area contributed by atoms with Crippen molar-refractivity contribution < 1.29 is 14.4 Å². The first kappa shape index (κ1) is 21.5. The van der Waals surface area contributed by atoms with Gasteiger partial charge in [-0.2, -0.15) is 0 Å². The molecule has 3 aromatic rings. The molecule has 1 N–H and O–H groups in total. The average Bonchev–Trinajstić information content (AvgIpc) is 3.10. The zero-order valence-corrected chi connectivity index (χ0v) is 18.3. The summed E-state index contributed by atoms with van der Waals surface area (Å²) in [5.41, 5.74) is 2.48. The lowest BCUT2D eigenvalue weighted by Crippen LogP contribution is -2.45. The third-order valence-corrected chi connectivity index (χ3v) is 6.08. The maximum atomic E-state index is 13.8. The van der Waals surface area contributed by atoms with Crippen LogP contribution in [0.3, 0.4) is 0 Å². The number of hydrogen-bond acceptors (Lipinski definition) is 3. The summed E-state index contributed by atoms with van der Waals surface area (Å²) in [7, 11) is 0. The second-order valence-electron chi connectivity index (χ2n) is 7.93. The SMILES string of the molecule is CCc1ccc(CC)c(C(=O)CN2C(=O)NC(c3ccccc3)(c3ccccc3)C2=O)c1. The van der Waals surface area contributed by atoms with Gasteiger partial charge in [-0.15, -0.1) is 0 Å². The molecule has 4 rings (SSSR count). The van der Waals surface area contributed by atoms with E-state index >= 15 is 0 Å². The molecular weight excluding hydrogens is 400 g/mol. The Hall–Kier alpha value is -3.73. The minimum absolute atomic E-state index is 0.238. The summed E-state index contributed by atoms with van der Waals surface area (Å²) < 4.78 is 0. The van der Waals surface area contributed by atoms with Crippen LogP contribution in [0.1, 0.15) is 46.5 Å². The number of hydrogen-bond donors (Lipinski definition) is 1. The summed E-state index contributed by atoms with van der Waals surface area (Å²) in [5, 5.41) is 2.89. The number of carbonyl (C=O) groups excluding carboxylic acids is 3. The number of ketones is 1. The molecule has 1 heterocycles. The molecule has 3 aromatic carbocycles. The van der Waals surface area contributed by atoms with E-state index in [1.165, 1.54) is 0 Å². The van der Waals surface area contributed by atoms with Gasteiger partial charge in [0.1, 0.15) is 0 Å². The van der Waals surface area contributed by atoms with Crippen molar-refractivity contribution in [2.75, 3.05) is 6.54 Å². The molecule has 5 heteroatoms. The topological polar surface area (TPSA) is 66.5 Å². The lowest BCUT2D eigenvalue weighted by Gasteiger charge is -2.28. The zero-order valence-electron chi connectivity index (χ0n) is 18.3. The smallest absolute Gasteiger partial charge is 0.315 e. The number of rotatable bonds is 7. The number of imide groups is 1. The molecule has 1 aliphatic heterocycles. The summed E-state index contributed by atoms with van der Waals surface area (Å²) in [6, 6.07) is 23.6. The molecule has 1 saturated heterocycles. The summed E-state index contributed by atoms with van der Waals surface area (Å²) in [4.78, 5) is 41.1. The van der Waals surface area contributed by atoms with Crippen molar-refractivity contribution in [3.05, 3.63) is 107 Å². The Morgan fingerprint density at radius 2 is 1.44 bits per heavy atom. The normalized spacial score (nSPS) is 15.0. The van der Waals surface area contributed by atoms with Crippen LogP contribution < -0.4 is 5.32 Å². The summed E-state index contributed by atoms with van der Waals surface area (Å²) >= 11 is 0. The monoisotopic (exact) mass is 426 g/mol. The number of aryl methyl sites for hydroxylation is 2. The van der Waals surface area contributed by atoms with E-state index in [0.717, 1.165) is 22.4 Å². The molecule has 0 spiro atoms. The molecule has 3 amide bonds. The predicted octanol–water partition coefficient (Wildman–Crippen LogP) is 4.49. The van der Waals surface area contributed by atoms with E-state index in [-0.39, 0.29) is 12.3 Å². The summed E-state index contributed by atoms with van der Waals surface area (Å²) in [5.74, 6) is -0.685. The third kappa shape index (κ3) is 3.60. The van der Waals surface area contributed by atoms with E-state index in [1.807, 2.05) is 92.7 Å². The zero-order chi connectivity index (χ0) is 22.7. The highest BCUT2D eigenvalue weighted by atomic mass is 16.2.